The summed E-state index contributed by atoms with van der Waals surface area (Å²) in [6.45, 7) is 0.697. The number of aryl methyl sites for hydroxylation is 1. The van der Waals surface area contributed by atoms with Gasteiger partial charge in [-0.3, -0.25) is 14.5 Å². The van der Waals surface area contributed by atoms with Crippen molar-refractivity contribution in [3.8, 4) is 6.07 Å². The van der Waals surface area contributed by atoms with Gasteiger partial charge >= 0.3 is 5.97 Å². The van der Waals surface area contributed by atoms with E-state index < -0.39 is 35.2 Å². The lowest BCUT2D eigenvalue weighted by Crippen LogP contribution is -2.58. The van der Waals surface area contributed by atoms with Crippen LogP contribution in [0.3, 0.4) is 0 Å². The molecule has 0 bridgehead atoms. The average molecular weight is 564 g/mol. The van der Waals surface area contributed by atoms with Crippen LogP contribution in [0.2, 0.25) is 5.02 Å². The fourth-order valence-corrected chi connectivity index (χ4v) is 5.57. The van der Waals surface area contributed by atoms with E-state index in [-0.39, 0.29) is 17.3 Å². The molecule has 40 heavy (non-hydrogen) atoms. The van der Waals surface area contributed by atoms with Crippen molar-refractivity contribution in [1.82, 2.24) is 14.5 Å². The van der Waals surface area contributed by atoms with Gasteiger partial charge in [0.1, 0.15) is 40.0 Å². The smallest absolute Gasteiger partial charge is 0.324 e. The van der Waals surface area contributed by atoms with Crippen LogP contribution in [0.15, 0.2) is 65.5 Å². The van der Waals surface area contributed by atoms with Crippen molar-refractivity contribution in [2.45, 2.75) is 12.1 Å². The Labute approximate surface area is 233 Å². The van der Waals surface area contributed by atoms with Crippen LogP contribution >= 0.6 is 11.6 Å². The van der Waals surface area contributed by atoms with Crippen molar-refractivity contribution >= 4 is 34.3 Å². The van der Waals surface area contributed by atoms with Gasteiger partial charge in [-0.2, -0.15) is 5.26 Å². The molecule has 4 aromatic rings. The van der Waals surface area contributed by atoms with Crippen LogP contribution in [0, 0.1) is 23.0 Å². The number of nitriles is 1. The van der Waals surface area contributed by atoms with Crippen molar-refractivity contribution in [2.75, 3.05) is 31.6 Å². The molecule has 3 heterocycles. The first-order chi connectivity index (χ1) is 19.2. The number of ether oxygens (including phenoxy) is 1. The van der Waals surface area contributed by atoms with E-state index in [1.165, 1.54) is 42.0 Å². The Bertz CT molecular complexity index is 1640. The second kappa shape index (κ2) is 11.0. The van der Waals surface area contributed by atoms with Gasteiger partial charge in [-0.25, -0.2) is 13.8 Å². The highest BCUT2D eigenvalue weighted by atomic mass is 35.5. The van der Waals surface area contributed by atoms with E-state index in [4.69, 9.17) is 16.3 Å². The van der Waals surface area contributed by atoms with Crippen LogP contribution in [-0.4, -0.2) is 53.2 Å². The molecule has 5 rings (SSSR count). The number of piperazine rings is 1. The Morgan fingerprint density at radius 2 is 1.65 bits per heavy atom. The van der Waals surface area contributed by atoms with Crippen molar-refractivity contribution in [3.05, 3.63) is 104 Å². The summed E-state index contributed by atoms with van der Waals surface area (Å²) in [5.74, 6) is -1.35. The summed E-state index contributed by atoms with van der Waals surface area (Å²) in [6.07, 6.45) is 0. The highest BCUT2D eigenvalue weighted by Gasteiger charge is 2.40. The molecule has 1 aliphatic heterocycles. The molecule has 2 aromatic heterocycles. The monoisotopic (exact) mass is 563 g/mol. The van der Waals surface area contributed by atoms with Crippen molar-refractivity contribution in [2.24, 2.45) is 7.05 Å². The van der Waals surface area contributed by atoms with Gasteiger partial charge in [-0.15, -0.1) is 0 Å². The van der Waals surface area contributed by atoms with Crippen molar-refractivity contribution < 1.29 is 18.3 Å². The third-order valence-electron chi connectivity index (χ3n) is 7.19. The van der Waals surface area contributed by atoms with E-state index in [2.05, 4.69) is 4.98 Å². The standard InChI is InChI=1S/C29H24ClF2N5O3/c1-35-22-12-11-21(15-33)34-25(22)27(24(30)28(35)38)36-13-14-37(23(16-36)29(39)40-2)26(17-3-7-19(31)8-4-17)18-5-9-20(32)10-6-18/h3-12,23,26H,13-14,16H2,1-2H3. The largest absolute Gasteiger partial charge is 0.468 e. The number of methoxy groups -OCH3 is 1. The van der Waals surface area contributed by atoms with Crippen LogP contribution in [0.5, 0.6) is 0 Å². The second-order valence-corrected chi connectivity index (χ2v) is 9.81. The zero-order valence-corrected chi connectivity index (χ0v) is 22.4. The lowest BCUT2D eigenvalue weighted by atomic mass is 9.94. The molecule has 0 radical (unpaired) electrons. The van der Waals surface area contributed by atoms with Gasteiger partial charge in [-0.1, -0.05) is 35.9 Å². The number of nitrogens with zero attached hydrogens (tertiary/aromatic N) is 5. The molecule has 1 saturated heterocycles. The number of anilines is 1. The van der Waals surface area contributed by atoms with Gasteiger partial charge in [0, 0.05) is 26.7 Å². The number of fused-ring (bicyclic) bond motifs is 1. The quantitative estimate of drug-likeness (QED) is 0.336. The number of carbonyl (C=O) groups excluding carboxylic acids is 1. The summed E-state index contributed by atoms with van der Waals surface area (Å²) >= 11 is 6.59. The Kier molecular flexibility index (Phi) is 7.52. The molecule has 11 heteroatoms. The van der Waals surface area contributed by atoms with Crippen LogP contribution in [0.1, 0.15) is 22.9 Å². The lowest BCUT2D eigenvalue weighted by molar-refractivity contribution is -0.148. The molecule has 204 valence electrons. The minimum absolute atomic E-state index is 0.0754. The second-order valence-electron chi connectivity index (χ2n) is 9.43. The van der Waals surface area contributed by atoms with Crippen LogP contribution in [0.25, 0.3) is 11.0 Å². The molecule has 1 aliphatic rings. The fourth-order valence-electron chi connectivity index (χ4n) is 5.23. The maximum atomic E-state index is 13.8. The van der Waals surface area contributed by atoms with Crippen LogP contribution < -0.4 is 10.5 Å². The topological polar surface area (TPSA) is 91.5 Å². The number of aromatic nitrogens is 2. The molecule has 2 aromatic carbocycles. The van der Waals surface area contributed by atoms with Crippen LogP contribution in [0.4, 0.5) is 14.5 Å². The van der Waals surface area contributed by atoms with Crippen molar-refractivity contribution in [1.29, 1.82) is 5.26 Å². The van der Waals surface area contributed by atoms with E-state index in [9.17, 15) is 23.6 Å². The molecule has 0 aliphatic carbocycles. The fraction of sp³-hybridized carbons (Fsp3) is 0.241. The number of pyridine rings is 2. The highest BCUT2D eigenvalue weighted by molar-refractivity contribution is 6.34. The number of rotatable bonds is 5. The van der Waals surface area contributed by atoms with E-state index in [0.717, 1.165) is 0 Å². The SMILES string of the molecule is COC(=O)C1CN(c2c(Cl)c(=O)n(C)c3ccc(C#N)nc23)CCN1C(c1ccc(F)cc1)c1ccc(F)cc1. The minimum Gasteiger partial charge on any atom is -0.468 e. The number of halogens is 3. The predicted molar refractivity (Wildman–Crippen MR) is 146 cm³/mol. The minimum atomic E-state index is -0.854. The number of carbonyl (C=O) groups is 1. The van der Waals surface area contributed by atoms with E-state index in [1.807, 2.05) is 11.0 Å². The molecule has 0 N–H and O–H groups in total. The number of benzene rings is 2. The zero-order chi connectivity index (χ0) is 28.6. The van der Waals surface area contributed by atoms with Gasteiger partial charge in [0.05, 0.1) is 24.4 Å². The van der Waals surface area contributed by atoms with Crippen molar-refractivity contribution in [3.63, 3.8) is 0 Å². The van der Waals surface area contributed by atoms with Gasteiger partial charge in [0.25, 0.3) is 5.56 Å². The summed E-state index contributed by atoms with van der Waals surface area (Å²) in [7, 11) is 2.85. The van der Waals surface area contributed by atoms with Gasteiger partial charge in [0.2, 0.25) is 0 Å². The third kappa shape index (κ3) is 4.90. The van der Waals surface area contributed by atoms with Gasteiger partial charge in [-0.05, 0) is 47.5 Å². The Morgan fingerprint density at radius 1 is 1.05 bits per heavy atom. The normalized spacial score (nSPS) is 15.8. The van der Waals surface area contributed by atoms with E-state index >= 15 is 0 Å². The maximum Gasteiger partial charge on any atom is 0.324 e. The van der Waals surface area contributed by atoms with E-state index in [0.29, 0.717) is 40.9 Å². The Morgan fingerprint density at radius 3 is 2.20 bits per heavy atom. The Hall–Kier alpha value is -4.33. The first-order valence-electron chi connectivity index (χ1n) is 12.4. The first-order valence-corrected chi connectivity index (χ1v) is 12.8. The summed E-state index contributed by atoms with van der Waals surface area (Å²) in [4.78, 5) is 34.4. The first kappa shape index (κ1) is 27.2. The third-order valence-corrected chi connectivity index (χ3v) is 7.53. The summed E-state index contributed by atoms with van der Waals surface area (Å²) in [5.41, 5.74) is 2.28. The van der Waals surface area contributed by atoms with E-state index in [1.54, 1.807) is 42.3 Å². The summed E-state index contributed by atoms with van der Waals surface area (Å²) in [6, 6.07) is 15.6. The Balaban J connectivity index is 1.62. The highest BCUT2D eigenvalue weighted by Crippen LogP contribution is 2.37. The maximum absolute atomic E-state index is 13.8. The molecular weight excluding hydrogens is 540 g/mol. The van der Waals surface area contributed by atoms with Gasteiger partial charge < -0.3 is 14.2 Å². The zero-order valence-electron chi connectivity index (χ0n) is 21.6. The summed E-state index contributed by atoms with van der Waals surface area (Å²) in [5, 5.41) is 9.36. The molecule has 0 saturated carbocycles. The number of hydrogen-bond acceptors (Lipinski definition) is 7. The number of esters is 1. The molecule has 1 fully saturated rings. The molecule has 0 spiro atoms. The molecule has 1 atom stereocenters. The summed E-state index contributed by atoms with van der Waals surface area (Å²) < 4.78 is 34.2. The molecule has 1 unspecified atom stereocenters. The average Bonchev–Trinajstić information content (AvgIpc) is 2.98. The lowest BCUT2D eigenvalue weighted by Gasteiger charge is -2.45. The van der Waals surface area contributed by atoms with Crippen LogP contribution in [-0.2, 0) is 16.6 Å². The molecule has 0 amide bonds. The predicted octanol–water partition coefficient (Wildman–Crippen LogP) is 4.19. The molecule has 8 nitrogen and oxygen atoms in total. The van der Waals surface area contributed by atoms with Gasteiger partial charge in [0.15, 0.2) is 0 Å². The molecular formula is C29H24ClF2N5O3. The number of hydrogen-bond donors (Lipinski definition) is 0.